The Labute approximate surface area is 199 Å². The number of aromatic nitrogens is 2. The van der Waals surface area contributed by atoms with E-state index in [2.05, 4.69) is 5.10 Å². The number of nitrogens with two attached hydrogens (primary N) is 1. The molecule has 1 fully saturated rings. The van der Waals surface area contributed by atoms with Crippen molar-refractivity contribution in [1.29, 1.82) is 0 Å². The van der Waals surface area contributed by atoms with E-state index < -0.39 is 23.7 Å². The Morgan fingerprint density at radius 2 is 1.63 bits per heavy atom. The number of nitrogens with zero attached hydrogens (tertiary/aromatic N) is 3. The number of ether oxygens (including phenoxy) is 1. The highest BCUT2D eigenvalue weighted by molar-refractivity contribution is 5.80. The van der Waals surface area contributed by atoms with E-state index in [-0.39, 0.29) is 18.2 Å². The quantitative estimate of drug-likeness (QED) is 0.410. The monoisotopic (exact) mass is 478 g/mol. The maximum Gasteiger partial charge on any atom is 0.251 e. The summed E-state index contributed by atoms with van der Waals surface area (Å²) in [5.41, 5.74) is 9.10. The lowest BCUT2D eigenvalue weighted by atomic mass is 10.1. The molecule has 1 saturated heterocycles. The van der Waals surface area contributed by atoms with Gasteiger partial charge in [0, 0.05) is 30.1 Å². The van der Waals surface area contributed by atoms with E-state index in [9.17, 15) is 18.0 Å². The molecule has 6 nitrogen and oxygen atoms in total. The second kappa shape index (κ2) is 9.27. The van der Waals surface area contributed by atoms with Crippen LogP contribution in [-0.4, -0.2) is 33.7 Å². The fourth-order valence-electron chi connectivity index (χ4n) is 4.08. The number of benzene rings is 3. The molecule has 3 aromatic carbocycles. The Morgan fingerprint density at radius 1 is 0.943 bits per heavy atom. The zero-order valence-electron chi connectivity index (χ0n) is 18.5. The van der Waals surface area contributed by atoms with Gasteiger partial charge in [-0.2, -0.15) is 5.10 Å². The first kappa shape index (κ1) is 22.7. The Kier molecular flexibility index (Phi) is 6.00. The second-order valence-electron chi connectivity index (χ2n) is 8.25. The molecular weight excluding hydrogens is 457 g/mol. The maximum atomic E-state index is 13.9. The van der Waals surface area contributed by atoms with Crippen LogP contribution in [0.1, 0.15) is 17.5 Å². The van der Waals surface area contributed by atoms with E-state index in [4.69, 9.17) is 10.5 Å². The summed E-state index contributed by atoms with van der Waals surface area (Å²) < 4.78 is 48.5. The molecule has 1 aromatic heterocycles. The number of nitrogen functional groups attached to an aromatic ring is 1. The SMILES string of the molecule is Nc1ccc(CCN2C(=O)COC2c2nn(-c3cc(F)cc(F)c3)cc2-c2ccc(F)cc2)cc1. The van der Waals surface area contributed by atoms with Crippen molar-refractivity contribution in [2.45, 2.75) is 12.6 Å². The molecule has 9 heteroatoms. The average Bonchev–Trinajstić information content (AvgIpc) is 3.42. The van der Waals surface area contributed by atoms with Crippen LogP contribution in [0, 0.1) is 17.5 Å². The highest BCUT2D eigenvalue weighted by Crippen LogP contribution is 2.35. The standard InChI is InChI=1S/C26H21F3N4O2/c27-18-5-3-17(4-6-18)23-14-33(22-12-19(28)11-20(29)13-22)31-25(23)26-32(24(34)15-35-26)10-9-16-1-7-21(30)8-2-16/h1-8,11-14,26H,9-10,15,30H2. The smallest absolute Gasteiger partial charge is 0.251 e. The van der Waals surface area contributed by atoms with E-state index >= 15 is 0 Å². The fraction of sp³-hybridized carbons (Fsp3) is 0.154. The number of anilines is 1. The van der Waals surface area contributed by atoms with Gasteiger partial charge in [0.15, 0.2) is 6.23 Å². The van der Waals surface area contributed by atoms with Crippen LogP contribution < -0.4 is 5.73 Å². The van der Waals surface area contributed by atoms with E-state index in [1.807, 2.05) is 12.1 Å². The van der Waals surface area contributed by atoms with E-state index in [1.165, 1.54) is 16.8 Å². The second-order valence-corrected chi connectivity index (χ2v) is 8.25. The first-order chi connectivity index (χ1) is 16.9. The summed E-state index contributed by atoms with van der Waals surface area (Å²) in [7, 11) is 0. The third kappa shape index (κ3) is 4.76. The van der Waals surface area contributed by atoms with Gasteiger partial charge in [0.25, 0.3) is 5.91 Å². The minimum atomic E-state index is -0.823. The van der Waals surface area contributed by atoms with Gasteiger partial charge in [-0.05, 0) is 53.9 Å². The molecule has 1 amide bonds. The third-order valence-electron chi connectivity index (χ3n) is 5.83. The van der Waals surface area contributed by atoms with Gasteiger partial charge in [-0.3, -0.25) is 4.79 Å². The zero-order chi connectivity index (χ0) is 24.5. The van der Waals surface area contributed by atoms with Gasteiger partial charge < -0.3 is 15.4 Å². The van der Waals surface area contributed by atoms with Gasteiger partial charge in [-0.25, -0.2) is 17.9 Å². The molecule has 4 aromatic rings. The van der Waals surface area contributed by atoms with Crippen molar-refractivity contribution in [2.75, 3.05) is 18.9 Å². The number of amides is 1. The van der Waals surface area contributed by atoms with Crippen molar-refractivity contribution >= 4 is 11.6 Å². The number of halogens is 3. The lowest BCUT2D eigenvalue weighted by Crippen LogP contribution is -2.31. The number of hydrogen-bond acceptors (Lipinski definition) is 4. The number of hydrogen-bond donors (Lipinski definition) is 1. The molecule has 0 aliphatic carbocycles. The maximum absolute atomic E-state index is 13.9. The molecule has 1 atom stereocenters. The molecule has 1 aliphatic rings. The summed E-state index contributed by atoms with van der Waals surface area (Å²) in [6, 6.07) is 16.2. The highest BCUT2D eigenvalue weighted by Gasteiger charge is 2.36. The van der Waals surface area contributed by atoms with Crippen LogP contribution in [0.3, 0.4) is 0 Å². The number of rotatable bonds is 6. The van der Waals surface area contributed by atoms with Crippen molar-refractivity contribution < 1.29 is 22.7 Å². The molecule has 0 saturated carbocycles. The summed E-state index contributed by atoms with van der Waals surface area (Å²) in [5, 5.41) is 4.55. The molecule has 1 unspecified atom stereocenters. The summed E-state index contributed by atoms with van der Waals surface area (Å²) >= 11 is 0. The molecule has 5 rings (SSSR count). The van der Waals surface area contributed by atoms with Crippen LogP contribution in [0.4, 0.5) is 18.9 Å². The number of carbonyl (C=O) groups is 1. The van der Waals surface area contributed by atoms with Crippen molar-refractivity contribution in [3.63, 3.8) is 0 Å². The molecular formula is C26H21F3N4O2. The van der Waals surface area contributed by atoms with Crippen LogP contribution in [0.2, 0.25) is 0 Å². The van der Waals surface area contributed by atoms with E-state index in [0.29, 0.717) is 35.5 Å². The summed E-state index contributed by atoms with van der Waals surface area (Å²) in [5.74, 6) is -2.12. The third-order valence-corrected chi connectivity index (χ3v) is 5.83. The predicted octanol–water partition coefficient (Wildman–Crippen LogP) is 4.64. The Balaban J connectivity index is 1.53. The van der Waals surface area contributed by atoms with Crippen LogP contribution in [-0.2, 0) is 16.0 Å². The van der Waals surface area contributed by atoms with Crippen molar-refractivity contribution in [3.05, 3.63) is 102 Å². The molecule has 2 heterocycles. The lowest BCUT2D eigenvalue weighted by Gasteiger charge is -2.23. The average molecular weight is 478 g/mol. The normalized spacial score (nSPS) is 15.7. The summed E-state index contributed by atoms with van der Waals surface area (Å²) in [6.45, 7) is 0.231. The molecule has 2 N–H and O–H groups in total. The molecule has 35 heavy (non-hydrogen) atoms. The largest absolute Gasteiger partial charge is 0.399 e. The molecule has 1 aliphatic heterocycles. The first-order valence-corrected chi connectivity index (χ1v) is 10.9. The predicted molar refractivity (Wildman–Crippen MR) is 124 cm³/mol. The van der Waals surface area contributed by atoms with Crippen molar-refractivity contribution in [3.8, 4) is 16.8 Å². The minimum Gasteiger partial charge on any atom is -0.399 e. The van der Waals surface area contributed by atoms with Crippen LogP contribution in [0.15, 0.2) is 72.9 Å². The number of carbonyl (C=O) groups excluding carboxylic acids is 1. The minimum absolute atomic E-state index is 0.128. The van der Waals surface area contributed by atoms with Gasteiger partial charge >= 0.3 is 0 Å². The van der Waals surface area contributed by atoms with Gasteiger partial charge in [0.1, 0.15) is 29.8 Å². The molecule has 0 bridgehead atoms. The lowest BCUT2D eigenvalue weighted by molar-refractivity contribution is -0.128. The van der Waals surface area contributed by atoms with Crippen molar-refractivity contribution in [2.24, 2.45) is 0 Å². The van der Waals surface area contributed by atoms with Crippen LogP contribution in [0.5, 0.6) is 0 Å². The summed E-state index contributed by atoms with van der Waals surface area (Å²) in [4.78, 5) is 14.3. The fourth-order valence-corrected chi connectivity index (χ4v) is 4.08. The first-order valence-electron chi connectivity index (χ1n) is 10.9. The van der Waals surface area contributed by atoms with Crippen molar-refractivity contribution in [1.82, 2.24) is 14.7 Å². The van der Waals surface area contributed by atoms with Gasteiger partial charge in [-0.15, -0.1) is 0 Å². The summed E-state index contributed by atoms with van der Waals surface area (Å²) in [6.07, 6.45) is 1.32. The van der Waals surface area contributed by atoms with Gasteiger partial charge in [0.05, 0.1) is 5.69 Å². The Bertz CT molecular complexity index is 1350. The van der Waals surface area contributed by atoms with Gasteiger partial charge in [0.2, 0.25) is 0 Å². The molecule has 0 spiro atoms. The van der Waals surface area contributed by atoms with E-state index in [1.54, 1.807) is 35.4 Å². The Hall–Kier alpha value is -4.11. The highest BCUT2D eigenvalue weighted by atomic mass is 19.1. The topological polar surface area (TPSA) is 73.4 Å². The zero-order valence-corrected chi connectivity index (χ0v) is 18.5. The Morgan fingerprint density at radius 3 is 2.31 bits per heavy atom. The van der Waals surface area contributed by atoms with Gasteiger partial charge in [-0.1, -0.05) is 24.3 Å². The molecule has 0 radical (unpaired) electrons. The van der Waals surface area contributed by atoms with E-state index in [0.717, 1.165) is 23.8 Å². The molecule has 178 valence electrons. The van der Waals surface area contributed by atoms with Crippen LogP contribution >= 0.6 is 0 Å². The van der Waals surface area contributed by atoms with Crippen LogP contribution in [0.25, 0.3) is 16.8 Å².